The van der Waals surface area contributed by atoms with E-state index < -0.39 is 0 Å². The number of ether oxygens (including phenoxy) is 1. The Morgan fingerprint density at radius 2 is 2.09 bits per heavy atom. The van der Waals surface area contributed by atoms with Crippen molar-refractivity contribution in [2.75, 3.05) is 20.2 Å². The second-order valence-corrected chi connectivity index (χ2v) is 6.13. The summed E-state index contributed by atoms with van der Waals surface area (Å²) in [6, 6.07) is 8.07. The number of hydrogen-bond acceptors (Lipinski definition) is 3. The second-order valence-electron chi connectivity index (χ2n) is 6.13. The molecule has 1 N–H and O–H groups in total. The van der Waals surface area contributed by atoms with E-state index in [2.05, 4.69) is 5.32 Å². The van der Waals surface area contributed by atoms with E-state index in [9.17, 15) is 9.59 Å². The van der Waals surface area contributed by atoms with Crippen LogP contribution < -0.4 is 10.1 Å². The van der Waals surface area contributed by atoms with Crippen molar-refractivity contribution < 1.29 is 14.3 Å². The number of carbonyl (C=O) groups is 2. The van der Waals surface area contributed by atoms with Crippen LogP contribution in [0.15, 0.2) is 24.3 Å². The zero-order valence-electron chi connectivity index (χ0n) is 14.2. The fourth-order valence-corrected chi connectivity index (χ4v) is 2.86. The highest BCUT2D eigenvalue weighted by Gasteiger charge is 2.33. The molecule has 5 nitrogen and oxygen atoms in total. The molecule has 0 aromatic heterocycles. The Hall–Kier alpha value is -2.04. The van der Waals surface area contributed by atoms with Crippen LogP contribution in [0.4, 0.5) is 0 Å². The number of amides is 2. The molecule has 0 spiro atoms. The smallest absolute Gasteiger partial charge is 0.225 e. The topological polar surface area (TPSA) is 58.6 Å². The van der Waals surface area contributed by atoms with Crippen molar-refractivity contribution in [2.24, 2.45) is 5.92 Å². The maximum Gasteiger partial charge on any atom is 0.225 e. The minimum Gasteiger partial charge on any atom is -0.497 e. The third-order valence-corrected chi connectivity index (χ3v) is 4.38. The molecule has 0 saturated carbocycles. The SMILES string of the molecule is CCN1C[C@H](C(=O)N[C@@H](C)CCc2ccc(OC)cc2)CC1=O. The summed E-state index contributed by atoms with van der Waals surface area (Å²) in [5, 5.41) is 3.04. The van der Waals surface area contributed by atoms with Crippen molar-refractivity contribution in [3.05, 3.63) is 29.8 Å². The molecule has 1 heterocycles. The Balaban J connectivity index is 1.76. The number of methoxy groups -OCH3 is 1. The van der Waals surface area contributed by atoms with Gasteiger partial charge in [0.15, 0.2) is 0 Å². The number of benzene rings is 1. The minimum atomic E-state index is -0.203. The van der Waals surface area contributed by atoms with Gasteiger partial charge in [-0.1, -0.05) is 12.1 Å². The first kappa shape index (κ1) is 17.3. The van der Waals surface area contributed by atoms with Gasteiger partial charge in [0, 0.05) is 25.6 Å². The molecular weight excluding hydrogens is 292 g/mol. The van der Waals surface area contributed by atoms with E-state index in [4.69, 9.17) is 4.74 Å². The van der Waals surface area contributed by atoms with Gasteiger partial charge in [0.1, 0.15) is 5.75 Å². The van der Waals surface area contributed by atoms with E-state index in [0.29, 0.717) is 19.5 Å². The maximum atomic E-state index is 12.3. The summed E-state index contributed by atoms with van der Waals surface area (Å²) in [4.78, 5) is 25.7. The predicted molar refractivity (Wildman–Crippen MR) is 89.3 cm³/mol. The molecule has 1 aliphatic rings. The predicted octanol–water partition coefficient (Wildman–Crippen LogP) is 2.00. The molecule has 2 rings (SSSR count). The van der Waals surface area contributed by atoms with Crippen LogP contribution in [0, 0.1) is 5.92 Å². The third kappa shape index (κ3) is 4.71. The van der Waals surface area contributed by atoms with Crippen LogP contribution in [0.1, 0.15) is 32.3 Å². The Bertz CT molecular complexity index is 542. The minimum absolute atomic E-state index is 0.00321. The van der Waals surface area contributed by atoms with Gasteiger partial charge in [-0.15, -0.1) is 0 Å². The first-order chi connectivity index (χ1) is 11.0. The number of nitrogens with zero attached hydrogens (tertiary/aromatic N) is 1. The Morgan fingerprint density at radius 1 is 1.39 bits per heavy atom. The Kier molecular flexibility index (Phi) is 6.02. The molecule has 23 heavy (non-hydrogen) atoms. The molecule has 0 unspecified atom stereocenters. The highest BCUT2D eigenvalue weighted by Crippen LogP contribution is 2.18. The van der Waals surface area contributed by atoms with Crippen LogP contribution in [0.3, 0.4) is 0 Å². The Morgan fingerprint density at radius 3 is 2.65 bits per heavy atom. The lowest BCUT2D eigenvalue weighted by molar-refractivity contribution is -0.129. The highest BCUT2D eigenvalue weighted by atomic mass is 16.5. The summed E-state index contributed by atoms with van der Waals surface area (Å²) < 4.78 is 5.14. The second kappa shape index (κ2) is 7.99. The number of hydrogen-bond donors (Lipinski definition) is 1. The van der Waals surface area contributed by atoms with Crippen molar-refractivity contribution in [3.63, 3.8) is 0 Å². The molecule has 0 aliphatic carbocycles. The summed E-state index contributed by atoms with van der Waals surface area (Å²) in [6.45, 7) is 5.17. The van der Waals surface area contributed by atoms with Crippen LogP contribution in [0.5, 0.6) is 5.75 Å². The molecule has 0 radical (unpaired) electrons. The van der Waals surface area contributed by atoms with Crippen molar-refractivity contribution in [1.29, 1.82) is 0 Å². The van der Waals surface area contributed by atoms with E-state index in [-0.39, 0.29) is 23.8 Å². The lowest BCUT2D eigenvalue weighted by atomic mass is 10.0. The molecule has 126 valence electrons. The van der Waals surface area contributed by atoms with Gasteiger partial charge in [-0.05, 0) is 44.4 Å². The van der Waals surface area contributed by atoms with E-state index in [1.807, 2.05) is 38.1 Å². The van der Waals surface area contributed by atoms with Crippen molar-refractivity contribution >= 4 is 11.8 Å². The van der Waals surface area contributed by atoms with E-state index in [1.54, 1.807) is 12.0 Å². The standard InChI is InChI=1S/C18H26N2O3/c1-4-20-12-15(11-17(20)21)18(22)19-13(2)5-6-14-7-9-16(23-3)10-8-14/h7-10,13,15H,4-6,11-12H2,1-3H3,(H,19,22)/t13-,15+/m0/s1. The Labute approximate surface area is 138 Å². The van der Waals surface area contributed by atoms with Gasteiger partial charge in [-0.25, -0.2) is 0 Å². The molecule has 2 atom stereocenters. The largest absolute Gasteiger partial charge is 0.497 e. The van der Waals surface area contributed by atoms with Gasteiger partial charge in [0.25, 0.3) is 0 Å². The third-order valence-electron chi connectivity index (χ3n) is 4.38. The molecule has 0 bridgehead atoms. The van der Waals surface area contributed by atoms with Gasteiger partial charge in [0.2, 0.25) is 11.8 Å². The summed E-state index contributed by atoms with van der Waals surface area (Å²) in [6.07, 6.45) is 2.11. The van der Waals surface area contributed by atoms with Gasteiger partial charge in [0.05, 0.1) is 13.0 Å². The van der Waals surface area contributed by atoms with Crippen molar-refractivity contribution in [2.45, 2.75) is 39.2 Å². The first-order valence-corrected chi connectivity index (χ1v) is 8.24. The van der Waals surface area contributed by atoms with Crippen molar-refractivity contribution in [3.8, 4) is 5.75 Å². The number of carbonyl (C=O) groups excluding carboxylic acids is 2. The summed E-state index contributed by atoms with van der Waals surface area (Å²) in [7, 11) is 1.65. The lowest BCUT2D eigenvalue weighted by Crippen LogP contribution is -2.38. The zero-order chi connectivity index (χ0) is 16.8. The van der Waals surface area contributed by atoms with Crippen LogP contribution >= 0.6 is 0 Å². The number of aryl methyl sites for hydroxylation is 1. The van der Waals surface area contributed by atoms with E-state index in [0.717, 1.165) is 18.6 Å². The maximum absolute atomic E-state index is 12.3. The van der Waals surface area contributed by atoms with Gasteiger partial charge < -0.3 is 15.0 Å². The molecule has 1 saturated heterocycles. The fraction of sp³-hybridized carbons (Fsp3) is 0.556. The van der Waals surface area contributed by atoms with Crippen LogP contribution in [-0.4, -0.2) is 43.0 Å². The van der Waals surface area contributed by atoms with Crippen molar-refractivity contribution in [1.82, 2.24) is 10.2 Å². The number of likely N-dealkylation sites (tertiary alicyclic amines) is 1. The number of rotatable bonds is 7. The number of nitrogens with one attached hydrogen (secondary N) is 1. The van der Waals surface area contributed by atoms with Gasteiger partial charge in [-0.2, -0.15) is 0 Å². The average molecular weight is 318 g/mol. The van der Waals surface area contributed by atoms with Crippen LogP contribution in [0.25, 0.3) is 0 Å². The molecule has 1 aromatic carbocycles. The highest BCUT2D eigenvalue weighted by molar-refractivity contribution is 5.89. The summed E-state index contributed by atoms with van der Waals surface area (Å²) in [5.74, 6) is 0.724. The molecule has 1 aromatic rings. The molecule has 5 heteroatoms. The zero-order valence-corrected chi connectivity index (χ0v) is 14.2. The van der Waals surface area contributed by atoms with E-state index in [1.165, 1.54) is 5.56 Å². The van der Waals surface area contributed by atoms with Crippen LogP contribution in [-0.2, 0) is 16.0 Å². The average Bonchev–Trinajstić information content (AvgIpc) is 2.94. The summed E-state index contributed by atoms with van der Waals surface area (Å²) in [5.41, 5.74) is 1.22. The van der Waals surface area contributed by atoms with Crippen LogP contribution in [0.2, 0.25) is 0 Å². The summed E-state index contributed by atoms with van der Waals surface area (Å²) >= 11 is 0. The van der Waals surface area contributed by atoms with Gasteiger partial charge >= 0.3 is 0 Å². The van der Waals surface area contributed by atoms with E-state index >= 15 is 0 Å². The normalized spacial score (nSPS) is 18.8. The van der Waals surface area contributed by atoms with Gasteiger partial charge in [-0.3, -0.25) is 9.59 Å². The molecule has 2 amide bonds. The fourth-order valence-electron chi connectivity index (χ4n) is 2.86. The molecule has 1 aliphatic heterocycles. The molecule has 1 fully saturated rings. The monoisotopic (exact) mass is 318 g/mol. The first-order valence-electron chi connectivity index (χ1n) is 8.24. The lowest BCUT2D eigenvalue weighted by Gasteiger charge is -2.17. The molecular formula is C18H26N2O3. The quantitative estimate of drug-likeness (QED) is 0.836.